The molecule has 2 aromatic rings. The SMILES string of the molecule is Cc1ccc(C(=O)N2CCCC(C(=O)Nc3cccc(C(F)(F)F)c3)C2)cc1. The maximum absolute atomic E-state index is 12.8. The first kappa shape index (κ1) is 19.9. The molecule has 0 spiro atoms. The minimum Gasteiger partial charge on any atom is -0.338 e. The maximum Gasteiger partial charge on any atom is 0.416 e. The molecule has 0 bridgehead atoms. The van der Waals surface area contributed by atoms with Gasteiger partial charge in [-0.25, -0.2) is 0 Å². The molecule has 4 nitrogen and oxygen atoms in total. The van der Waals surface area contributed by atoms with E-state index in [9.17, 15) is 22.8 Å². The van der Waals surface area contributed by atoms with Gasteiger partial charge in [0.2, 0.25) is 5.91 Å². The second-order valence-electron chi connectivity index (χ2n) is 7.02. The molecular formula is C21H21F3N2O2. The van der Waals surface area contributed by atoms with E-state index in [0.717, 1.165) is 17.7 Å². The molecule has 0 aliphatic carbocycles. The van der Waals surface area contributed by atoms with E-state index in [1.165, 1.54) is 12.1 Å². The highest BCUT2D eigenvalue weighted by atomic mass is 19.4. The van der Waals surface area contributed by atoms with Crippen LogP contribution in [0.15, 0.2) is 48.5 Å². The number of nitrogens with one attached hydrogen (secondary N) is 1. The van der Waals surface area contributed by atoms with Crippen LogP contribution in [0.4, 0.5) is 18.9 Å². The molecule has 0 aromatic heterocycles. The molecule has 0 saturated carbocycles. The van der Waals surface area contributed by atoms with Crippen molar-refractivity contribution < 1.29 is 22.8 Å². The smallest absolute Gasteiger partial charge is 0.338 e. The molecule has 0 radical (unpaired) electrons. The first-order chi connectivity index (χ1) is 13.2. The summed E-state index contributed by atoms with van der Waals surface area (Å²) in [7, 11) is 0. The molecule has 1 fully saturated rings. The summed E-state index contributed by atoms with van der Waals surface area (Å²) < 4.78 is 38.5. The van der Waals surface area contributed by atoms with E-state index in [4.69, 9.17) is 0 Å². The number of aryl methyl sites for hydroxylation is 1. The Morgan fingerprint density at radius 2 is 1.82 bits per heavy atom. The molecular weight excluding hydrogens is 369 g/mol. The van der Waals surface area contributed by atoms with E-state index in [1.54, 1.807) is 17.0 Å². The predicted octanol–water partition coefficient (Wildman–Crippen LogP) is 4.50. The van der Waals surface area contributed by atoms with Gasteiger partial charge in [-0.2, -0.15) is 13.2 Å². The summed E-state index contributed by atoms with van der Waals surface area (Å²) in [5, 5.41) is 2.55. The van der Waals surface area contributed by atoms with E-state index in [-0.39, 0.29) is 24.0 Å². The van der Waals surface area contributed by atoms with Crippen molar-refractivity contribution in [2.24, 2.45) is 5.92 Å². The van der Waals surface area contributed by atoms with Crippen LogP contribution >= 0.6 is 0 Å². The van der Waals surface area contributed by atoms with E-state index in [1.807, 2.05) is 19.1 Å². The fourth-order valence-electron chi connectivity index (χ4n) is 3.27. The van der Waals surface area contributed by atoms with Crippen LogP contribution in [0.25, 0.3) is 0 Å². The van der Waals surface area contributed by atoms with Crippen molar-refractivity contribution in [2.75, 3.05) is 18.4 Å². The number of carbonyl (C=O) groups is 2. The summed E-state index contributed by atoms with van der Waals surface area (Å²) in [5.41, 5.74) is 0.894. The molecule has 28 heavy (non-hydrogen) atoms. The van der Waals surface area contributed by atoms with Gasteiger partial charge in [0.15, 0.2) is 0 Å². The average Bonchev–Trinajstić information content (AvgIpc) is 2.67. The number of nitrogens with zero attached hydrogens (tertiary/aromatic N) is 1. The topological polar surface area (TPSA) is 49.4 Å². The highest BCUT2D eigenvalue weighted by molar-refractivity contribution is 5.96. The summed E-state index contributed by atoms with van der Waals surface area (Å²) in [4.78, 5) is 26.8. The highest BCUT2D eigenvalue weighted by Gasteiger charge is 2.32. The van der Waals surface area contributed by atoms with Gasteiger partial charge in [0.1, 0.15) is 0 Å². The Hall–Kier alpha value is -2.83. The minimum absolute atomic E-state index is 0.0989. The highest BCUT2D eigenvalue weighted by Crippen LogP contribution is 2.31. The minimum atomic E-state index is -4.47. The van der Waals surface area contributed by atoms with E-state index >= 15 is 0 Å². The van der Waals surface area contributed by atoms with Crippen molar-refractivity contribution in [1.29, 1.82) is 0 Å². The van der Waals surface area contributed by atoms with Gasteiger partial charge in [0, 0.05) is 24.3 Å². The number of benzene rings is 2. The Morgan fingerprint density at radius 1 is 1.11 bits per heavy atom. The van der Waals surface area contributed by atoms with Crippen molar-refractivity contribution in [3.63, 3.8) is 0 Å². The van der Waals surface area contributed by atoms with Crippen molar-refractivity contribution in [1.82, 2.24) is 4.90 Å². The fourth-order valence-corrected chi connectivity index (χ4v) is 3.27. The number of rotatable bonds is 3. The third kappa shape index (κ3) is 4.71. The molecule has 2 amide bonds. The lowest BCUT2D eigenvalue weighted by Gasteiger charge is -2.32. The van der Waals surface area contributed by atoms with Gasteiger partial charge in [0.05, 0.1) is 11.5 Å². The van der Waals surface area contributed by atoms with Crippen LogP contribution in [0.2, 0.25) is 0 Å². The standard InChI is InChI=1S/C21H21F3N2O2/c1-14-7-9-15(10-8-14)20(28)26-11-3-4-16(13-26)19(27)25-18-6-2-5-17(12-18)21(22,23)24/h2,5-10,12,16H,3-4,11,13H2,1H3,(H,25,27). The molecule has 7 heteroatoms. The zero-order valence-electron chi connectivity index (χ0n) is 15.4. The van der Waals surface area contributed by atoms with Gasteiger partial charge in [0.25, 0.3) is 5.91 Å². The summed E-state index contributed by atoms with van der Waals surface area (Å²) in [5.74, 6) is -0.977. The molecule has 1 heterocycles. The summed E-state index contributed by atoms with van der Waals surface area (Å²) in [6, 6.07) is 11.8. The molecule has 2 aromatic carbocycles. The average molecular weight is 390 g/mol. The number of amides is 2. The third-order valence-corrected chi connectivity index (χ3v) is 4.84. The van der Waals surface area contributed by atoms with Crippen LogP contribution in [0.1, 0.15) is 34.3 Å². The van der Waals surface area contributed by atoms with Gasteiger partial charge in [-0.15, -0.1) is 0 Å². The fraction of sp³-hybridized carbons (Fsp3) is 0.333. The Morgan fingerprint density at radius 3 is 2.50 bits per heavy atom. The van der Waals surface area contributed by atoms with Gasteiger partial charge < -0.3 is 10.2 Å². The van der Waals surface area contributed by atoms with E-state index in [2.05, 4.69) is 5.32 Å². The number of carbonyl (C=O) groups excluding carboxylic acids is 2. The van der Waals surface area contributed by atoms with Crippen LogP contribution in [0.5, 0.6) is 0 Å². The Kier molecular flexibility index (Phi) is 5.72. The van der Waals surface area contributed by atoms with Crippen molar-refractivity contribution in [3.8, 4) is 0 Å². The third-order valence-electron chi connectivity index (χ3n) is 4.84. The Labute approximate surface area is 161 Å². The number of anilines is 1. The molecule has 1 atom stereocenters. The number of piperidine rings is 1. The lowest BCUT2D eigenvalue weighted by atomic mass is 9.96. The molecule has 1 aliphatic rings. The monoisotopic (exact) mass is 390 g/mol. The quantitative estimate of drug-likeness (QED) is 0.839. The molecule has 148 valence electrons. The zero-order valence-corrected chi connectivity index (χ0v) is 15.4. The number of likely N-dealkylation sites (tertiary alicyclic amines) is 1. The van der Waals surface area contributed by atoms with Crippen molar-refractivity contribution in [3.05, 3.63) is 65.2 Å². The number of hydrogen-bond donors (Lipinski definition) is 1. The van der Waals surface area contributed by atoms with Crippen LogP contribution in [-0.4, -0.2) is 29.8 Å². The van der Waals surface area contributed by atoms with Gasteiger partial charge in [-0.1, -0.05) is 23.8 Å². The van der Waals surface area contributed by atoms with Crippen LogP contribution in [-0.2, 0) is 11.0 Å². The number of alkyl halides is 3. The molecule has 1 aliphatic heterocycles. The van der Waals surface area contributed by atoms with Crippen molar-refractivity contribution >= 4 is 17.5 Å². The second kappa shape index (κ2) is 8.04. The normalized spacial score (nSPS) is 17.3. The first-order valence-corrected chi connectivity index (χ1v) is 9.08. The summed E-state index contributed by atoms with van der Waals surface area (Å²) in [6.45, 7) is 2.74. The molecule has 3 rings (SSSR count). The lowest BCUT2D eigenvalue weighted by Crippen LogP contribution is -2.43. The zero-order chi connectivity index (χ0) is 20.3. The number of hydrogen-bond acceptors (Lipinski definition) is 2. The predicted molar refractivity (Wildman–Crippen MR) is 99.9 cm³/mol. The second-order valence-corrected chi connectivity index (χ2v) is 7.02. The van der Waals surface area contributed by atoms with Crippen LogP contribution in [0.3, 0.4) is 0 Å². The van der Waals surface area contributed by atoms with E-state index < -0.39 is 17.7 Å². The van der Waals surface area contributed by atoms with Crippen LogP contribution in [0, 0.1) is 12.8 Å². The largest absolute Gasteiger partial charge is 0.416 e. The molecule has 1 N–H and O–H groups in total. The Balaban J connectivity index is 1.66. The van der Waals surface area contributed by atoms with Crippen molar-refractivity contribution in [2.45, 2.75) is 25.9 Å². The Bertz CT molecular complexity index is 863. The first-order valence-electron chi connectivity index (χ1n) is 9.08. The molecule has 1 saturated heterocycles. The summed E-state index contributed by atoms with van der Waals surface area (Å²) >= 11 is 0. The van der Waals surface area contributed by atoms with Crippen LogP contribution < -0.4 is 5.32 Å². The molecule has 1 unspecified atom stereocenters. The lowest BCUT2D eigenvalue weighted by molar-refractivity contribution is -0.137. The number of halogens is 3. The van der Waals surface area contributed by atoms with E-state index in [0.29, 0.717) is 24.9 Å². The maximum atomic E-state index is 12.8. The summed E-state index contributed by atoms with van der Waals surface area (Å²) in [6.07, 6.45) is -3.22. The van der Waals surface area contributed by atoms with Gasteiger partial charge in [-0.05, 0) is 50.1 Å². The van der Waals surface area contributed by atoms with Gasteiger partial charge in [-0.3, -0.25) is 9.59 Å². The van der Waals surface area contributed by atoms with Gasteiger partial charge >= 0.3 is 6.18 Å².